The van der Waals surface area contributed by atoms with Gasteiger partial charge in [-0.2, -0.15) is 0 Å². The van der Waals surface area contributed by atoms with Crippen molar-refractivity contribution in [2.75, 3.05) is 13.1 Å². The number of piperazine rings is 1. The highest BCUT2D eigenvalue weighted by Crippen LogP contribution is 2.30. The summed E-state index contributed by atoms with van der Waals surface area (Å²) in [6.07, 6.45) is 3.15. The van der Waals surface area contributed by atoms with Crippen LogP contribution < -0.4 is 5.32 Å². The molecule has 1 aromatic rings. The van der Waals surface area contributed by atoms with Gasteiger partial charge < -0.3 is 5.32 Å². The van der Waals surface area contributed by atoms with E-state index in [2.05, 4.69) is 55.1 Å². The molecule has 114 valence electrons. The molecular formula is C15H29N5. The molecule has 5 nitrogen and oxygen atoms in total. The van der Waals surface area contributed by atoms with Crippen molar-refractivity contribution < 1.29 is 0 Å². The summed E-state index contributed by atoms with van der Waals surface area (Å²) >= 11 is 0. The van der Waals surface area contributed by atoms with Gasteiger partial charge in [-0.05, 0) is 18.8 Å². The lowest BCUT2D eigenvalue weighted by atomic mass is 9.81. The standard InChI is InChI=1S/C15H29N5/c1-7-15(5)11-16-13(14(2,3)4)10-20(15)9-12-8-19(6)18-17-12/h8,13,16H,7,9-11H2,1-6H3. The maximum absolute atomic E-state index is 4.25. The zero-order valence-corrected chi connectivity index (χ0v) is 13.8. The third kappa shape index (κ3) is 3.20. The molecule has 0 radical (unpaired) electrons. The van der Waals surface area contributed by atoms with Crippen molar-refractivity contribution in [1.29, 1.82) is 0 Å². The Kier molecular flexibility index (Phi) is 4.21. The minimum atomic E-state index is 0.194. The smallest absolute Gasteiger partial charge is 0.0967 e. The first kappa shape index (κ1) is 15.4. The lowest BCUT2D eigenvalue weighted by molar-refractivity contribution is 0.0148. The van der Waals surface area contributed by atoms with Crippen molar-refractivity contribution in [1.82, 2.24) is 25.2 Å². The van der Waals surface area contributed by atoms with E-state index in [1.165, 1.54) is 0 Å². The number of aryl methyl sites for hydroxylation is 1. The van der Waals surface area contributed by atoms with E-state index in [9.17, 15) is 0 Å². The monoisotopic (exact) mass is 279 g/mol. The maximum Gasteiger partial charge on any atom is 0.0967 e. The predicted octanol–water partition coefficient (Wildman–Crippen LogP) is 1.80. The molecule has 1 aliphatic rings. The van der Waals surface area contributed by atoms with Gasteiger partial charge in [0.25, 0.3) is 0 Å². The summed E-state index contributed by atoms with van der Waals surface area (Å²) in [7, 11) is 1.92. The quantitative estimate of drug-likeness (QED) is 0.916. The average Bonchev–Trinajstić information content (AvgIpc) is 2.76. The molecular weight excluding hydrogens is 250 g/mol. The first-order valence-electron chi connectivity index (χ1n) is 7.58. The van der Waals surface area contributed by atoms with Gasteiger partial charge in [0.05, 0.1) is 5.69 Å². The first-order chi connectivity index (χ1) is 9.24. The van der Waals surface area contributed by atoms with Crippen molar-refractivity contribution in [2.24, 2.45) is 12.5 Å². The lowest BCUT2D eigenvalue weighted by Crippen LogP contribution is -2.65. The van der Waals surface area contributed by atoms with Crippen LogP contribution in [0.5, 0.6) is 0 Å². The molecule has 2 rings (SSSR count). The molecule has 0 spiro atoms. The molecule has 2 unspecified atom stereocenters. The van der Waals surface area contributed by atoms with Crippen LogP contribution in [0.1, 0.15) is 46.7 Å². The Hall–Kier alpha value is -0.940. The van der Waals surface area contributed by atoms with Gasteiger partial charge in [0.15, 0.2) is 0 Å². The third-order valence-corrected chi connectivity index (χ3v) is 4.71. The average molecular weight is 279 g/mol. The number of nitrogens with one attached hydrogen (secondary N) is 1. The van der Waals surface area contributed by atoms with E-state index in [4.69, 9.17) is 0 Å². The van der Waals surface area contributed by atoms with Crippen molar-refractivity contribution in [3.63, 3.8) is 0 Å². The van der Waals surface area contributed by atoms with Gasteiger partial charge in [-0.1, -0.05) is 32.9 Å². The summed E-state index contributed by atoms with van der Waals surface area (Å²) in [6, 6.07) is 0.513. The minimum absolute atomic E-state index is 0.194. The molecule has 0 saturated carbocycles. The molecule has 0 bridgehead atoms. The van der Waals surface area contributed by atoms with Gasteiger partial charge in [-0.25, -0.2) is 0 Å². The number of aromatic nitrogens is 3. The Morgan fingerprint density at radius 3 is 2.65 bits per heavy atom. The van der Waals surface area contributed by atoms with Crippen LogP contribution >= 0.6 is 0 Å². The molecule has 20 heavy (non-hydrogen) atoms. The zero-order chi connectivity index (χ0) is 15.0. The topological polar surface area (TPSA) is 46.0 Å². The predicted molar refractivity (Wildman–Crippen MR) is 81.4 cm³/mol. The largest absolute Gasteiger partial charge is 0.310 e. The molecule has 1 fully saturated rings. The van der Waals surface area contributed by atoms with Gasteiger partial charge in [-0.15, -0.1) is 5.10 Å². The SMILES string of the molecule is CCC1(C)CNC(C(C)(C)C)CN1Cc1cn(C)nn1. The summed E-state index contributed by atoms with van der Waals surface area (Å²) in [5, 5.41) is 12.0. The van der Waals surface area contributed by atoms with Gasteiger partial charge in [0, 0.05) is 44.5 Å². The molecule has 1 aliphatic heterocycles. The van der Waals surface area contributed by atoms with Gasteiger partial charge in [0.1, 0.15) is 0 Å². The van der Waals surface area contributed by atoms with Gasteiger partial charge >= 0.3 is 0 Å². The van der Waals surface area contributed by atoms with Crippen LogP contribution in [-0.2, 0) is 13.6 Å². The second-order valence-corrected chi connectivity index (χ2v) is 7.41. The van der Waals surface area contributed by atoms with E-state index in [0.717, 1.165) is 31.7 Å². The molecule has 2 heterocycles. The Balaban J connectivity index is 2.15. The van der Waals surface area contributed by atoms with Crippen molar-refractivity contribution in [3.05, 3.63) is 11.9 Å². The minimum Gasteiger partial charge on any atom is -0.310 e. The molecule has 1 saturated heterocycles. The van der Waals surface area contributed by atoms with Crippen LogP contribution in [0.4, 0.5) is 0 Å². The second-order valence-electron chi connectivity index (χ2n) is 7.41. The maximum atomic E-state index is 4.25. The van der Waals surface area contributed by atoms with Crippen molar-refractivity contribution in [3.8, 4) is 0 Å². The Morgan fingerprint density at radius 2 is 2.15 bits per heavy atom. The Labute approximate surface area is 122 Å². The van der Waals surface area contributed by atoms with E-state index >= 15 is 0 Å². The zero-order valence-electron chi connectivity index (χ0n) is 13.8. The summed E-state index contributed by atoms with van der Waals surface area (Å²) in [4.78, 5) is 2.57. The van der Waals surface area contributed by atoms with Crippen molar-refractivity contribution >= 4 is 0 Å². The molecule has 0 amide bonds. The molecule has 0 aliphatic carbocycles. The molecule has 5 heteroatoms. The van der Waals surface area contributed by atoms with Crippen LogP contribution in [0, 0.1) is 5.41 Å². The van der Waals surface area contributed by atoms with Gasteiger partial charge in [0.2, 0.25) is 0 Å². The molecule has 1 N–H and O–H groups in total. The highest BCUT2D eigenvalue weighted by Gasteiger charge is 2.40. The fraction of sp³-hybridized carbons (Fsp3) is 0.867. The number of hydrogen-bond donors (Lipinski definition) is 1. The summed E-state index contributed by atoms with van der Waals surface area (Å²) in [5.74, 6) is 0. The van der Waals surface area contributed by atoms with Crippen LogP contribution in [0.25, 0.3) is 0 Å². The number of rotatable bonds is 3. The summed E-state index contributed by atoms with van der Waals surface area (Å²) < 4.78 is 1.78. The highest BCUT2D eigenvalue weighted by molar-refractivity contribution is 5.02. The number of nitrogens with zero attached hydrogens (tertiary/aromatic N) is 4. The molecule has 2 atom stereocenters. The van der Waals surface area contributed by atoms with E-state index in [0.29, 0.717) is 6.04 Å². The van der Waals surface area contributed by atoms with E-state index < -0.39 is 0 Å². The lowest BCUT2D eigenvalue weighted by Gasteiger charge is -2.50. The third-order valence-electron chi connectivity index (χ3n) is 4.71. The molecule has 1 aromatic heterocycles. The molecule has 0 aromatic carbocycles. The summed E-state index contributed by atoms with van der Waals surface area (Å²) in [6.45, 7) is 14.5. The van der Waals surface area contributed by atoms with E-state index in [-0.39, 0.29) is 11.0 Å². The van der Waals surface area contributed by atoms with Crippen LogP contribution in [0.3, 0.4) is 0 Å². The first-order valence-corrected chi connectivity index (χ1v) is 7.58. The second kappa shape index (κ2) is 5.45. The van der Waals surface area contributed by atoms with Crippen LogP contribution in [-0.4, -0.2) is 44.6 Å². The van der Waals surface area contributed by atoms with Crippen LogP contribution in [0.15, 0.2) is 6.20 Å². The van der Waals surface area contributed by atoms with Crippen molar-refractivity contribution in [2.45, 2.75) is 59.2 Å². The Bertz CT molecular complexity index is 447. The summed E-state index contributed by atoms with van der Waals surface area (Å²) in [5.41, 5.74) is 1.52. The van der Waals surface area contributed by atoms with Crippen LogP contribution in [0.2, 0.25) is 0 Å². The number of hydrogen-bond acceptors (Lipinski definition) is 4. The fourth-order valence-corrected chi connectivity index (χ4v) is 2.81. The normalized spacial score (nSPS) is 28.8. The fourth-order valence-electron chi connectivity index (χ4n) is 2.81. The van der Waals surface area contributed by atoms with Gasteiger partial charge in [-0.3, -0.25) is 9.58 Å². The van der Waals surface area contributed by atoms with E-state index in [1.807, 2.05) is 13.2 Å². The highest BCUT2D eigenvalue weighted by atomic mass is 15.4. The Morgan fingerprint density at radius 1 is 1.45 bits per heavy atom. The van der Waals surface area contributed by atoms with E-state index in [1.54, 1.807) is 4.68 Å².